The molecule has 0 radical (unpaired) electrons. The largest absolute Gasteiger partial charge is 0.489 e. The highest BCUT2D eigenvalue weighted by atomic mass is 32.1. The molecule has 1 atom stereocenters. The number of aryl methyl sites for hydroxylation is 1. The first kappa shape index (κ1) is 16.7. The van der Waals surface area contributed by atoms with Crippen LogP contribution in [0.1, 0.15) is 36.0 Å². The van der Waals surface area contributed by atoms with Crippen LogP contribution in [0.4, 0.5) is 0 Å². The smallest absolute Gasteiger partial charge is 0.123 e. The van der Waals surface area contributed by atoms with Crippen LogP contribution in [-0.4, -0.2) is 4.98 Å². The molecule has 2 N–H and O–H groups in total. The number of rotatable bonds is 6. The van der Waals surface area contributed by atoms with Crippen LogP contribution >= 0.6 is 11.3 Å². The second-order valence-corrected chi connectivity index (χ2v) is 6.70. The van der Waals surface area contributed by atoms with Gasteiger partial charge >= 0.3 is 0 Å². The number of benzene rings is 2. The van der Waals surface area contributed by atoms with Crippen molar-refractivity contribution in [2.45, 2.75) is 32.9 Å². The summed E-state index contributed by atoms with van der Waals surface area (Å²) < 4.78 is 6.01. The first-order valence-electron chi connectivity index (χ1n) is 8.18. The van der Waals surface area contributed by atoms with Crippen LogP contribution in [0.15, 0.2) is 53.9 Å². The highest BCUT2D eigenvalue weighted by molar-refractivity contribution is 7.10. The van der Waals surface area contributed by atoms with Gasteiger partial charge in [0.25, 0.3) is 0 Å². The van der Waals surface area contributed by atoms with Crippen LogP contribution in [0.3, 0.4) is 0 Å². The molecule has 0 spiro atoms. The summed E-state index contributed by atoms with van der Waals surface area (Å²) in [7, 11) is 0. The van der Waals surface area contributed by atoms with Crippen molar-refractivity contribution in [1.29, 1.82) is 0 Å². The Hall–Kier alpha value is -2.17. The molecule has 0 saturated carbocycles. The van der Waals surface area contributed by atoms with Gasteiger partial charge in [-0.15, -0.1) is 11.3 Å². The van der Waals surface area contributed by atoms with Crippen molar-refractivity contribution in [1.82, 2.24) is 4.98 Å². The van der Waals surface area contributed by atoms with Crippen molar-refractivity contribution in [3.8, 4) is 17.0 Å². The van der Waals surface area contributed by atoms with Gasteiger partial charge in [0.1, 0.15) is 17.4 Å². The average Bonchev–Trinajstić information content (AvgIpc) is 3.11. The zero-order valence-electron chi connectivity index (χ0n) is 14.0. The fourth-order valence-corrected chi connectivity index (χ4v) is 3.31. The Bertz CT molecular complexity index is 796. The lowest BCUT2D eigenvalue weighted by Gasteiger charge is -2.12. The molecule has 0 amide bonds. The molecule has 3 aromatic rings. The van der Waals surface area contributed by atoms with Gasteiger partial charge < -0.3 is 10.5 Å². The molecule has 0 aliphatic carbocycles. The third kappa shape index (κ3) is 3.83. The molecule has 0 aliphatic heterocycles. The number of nitrogens with two attached hydrogens (primary N) is 1. The maximum absolute atomic E-state index is 6.01. The Morgan fingerprint density at radius 3 is 2.62 bits per heavy atom. The van der Waals surface area contributed by atoms with Gasteiger partial charge in [-0.2, -0.15) is 0 Å². The molecule has 0 bridgehead atoms. The van der Waals surface area contributed by atoms with Crippen LogP contribution in [0.2, 0.25) is 0 Å². The zero-order valence-corrected chi connectivity index (χ0v) is 14.8. The highest BCUT2D eigenvalue weighted by Crippen LogP contribution is 2.29. The van der Waals surface area contributed by atoms with Gasteiger partial charge in [-0.05, 0) is 42.7 Å². The number of ether oxygens (including phenoxy) is 1. The van der Waals surface area contributed by atoms with E-state index in [1.54, 1.807) is 11.3 Å². The zero-order chi connectivity index (χ0) is 16.9. The molecule has 1 heterocycles. The van der Waals surface area contributed by atoms with Gasteiger partial charge in [0.15, 0.2) is 0 Å². The summed E-state index contributed by atoms with van der Waals surface area (Å²) in [4.78, 5) is 4.63. The van der Waals surface area contributed by atoms with E-state index in [4.69, 9.17) is 10.5 Å². The fraction of sp³-hybridized carbons (Fsp3) is 0.250. The van der Waals surface area contributed by atoms with E-state index >= 15 is 0 Å². The Kier molecular flexibility index (Phi) is 5.28. The van der Waals surface area contributed by atoms with Gasteiger partial charge in [-0.25, -0.2) is 4.98 Å². The second kappa shape index (κ2) is 7.60. The average molecular weight is 338 g/mol. The SMILES string of the molecule is CCc1cc(-c2csc(C(C)N)n2)ccc1OCc1ccccc1. The Labute approximate surface area is 147 Å². The Balaban J connectivity index is 1.79. The van der Waals surface area contributed by atoms with Crippen LogP contribution in [0, 0.1) is 0 Å². The normalized spacial score (nSPS) is 12.1. The topological polar surface area (TPSA) is 48.1 Å². The molecular weight excluding hydrogens is 316 g/mol. The van der Waals surface area contributed by atoms with Gasteiger partial charge in [-0.3, -0.25) is 0 Å². The standard InChI is InChI=1S/C20H22N2OS/c1-3-16-11-17(18-13-24-20(22-18)14(2)21)9-10-19(16)23-12-15-7-5-4-6-8-15/h4-11,13-14H,3,12,21H2,1-2H3. The second-order valence-electron chi connectivity index (χ2n) is 5.81. The van der Waals surface area contributed by atoms with Crippen molar-refractivity contribution in [2.24, 2.45) is 5.73 Å². The third-order valence-corrected chi connectivity index (χ3v) is 4.93. The molecular formula is C20H22N2OS. The lowest BCUT2D eigenvalue weighted by Crippen LogP contribution is -2.03. The molecule has 24 heavy (non-hydrogen) atoms. The molecule has 3 rings (SSSR count). The van der Waals surface area contributed by atoms with Gasteiger partial charge in [0.2, 0.25) is 0 Å². The minimum absolute atomic E-state index is 0.0251. The molecule has 124 valence electrons. The van der Waals surface area contributed by atoms with Crippen molar-refractivity contribution in [3.63, 3.8) is 0 Å². The van der Waals surface area contributed by atoms with Crippen molar-refractivity contribution in [3.05, 3.63) is 70.0 Å². The summed E-state index contributed by atoms with van der Waals surface area (Å²) in [5.74, 6) is 0.938. The summed E-state index contributed by atoms with van der Waals surface area (Å²) in [6, 6.07) is 16.5. The van der Waals surface area contributed by atoms with Crippen molar-refractivity contribution >= 4 is 11.3 Å². The lowest BCUT2D eigenvalue weighted by molar-refractivity contribution is 0.303. The molecule has 3 nitrogen and oxygen atoms in total. The molecule has 1 aromatic heterocycles. The number of hydrogen-bond acceptors (Lipinski definition) is 4. The first-order chi connectivity index (χ1) is 11.7. The van der Waals surface area contributed by atoms with Gasteiger partial charge in [0, 0.05) is 10.9 Å². The minimum Gasteiger partial charge on any atom is -0.489 e. The monoisotopic (exact) mass is 338 g/mol. The van der Waals surface area contributed by atoms with Crippen molar-refractivity contribution in [2.75, 3.05) is 0 Å². The number of thiazole rings is 1. The van der Waals surface area contributed by atoms with Gasteiger partial charge in [-0.1, -0.05) is 37.3 Å². The van der Waals surface area contributed by atoms with Crippen LogP contribution in [0.25, 0.3) is 11.3 Å². The van der Waals surface area contributed by atoms with E-state index in [2.05, 4.69) is 41.6 Å². The highest BCUT2D eigenvalue weighted by Gasteiger charge is 2.10. The molecule has 4 heteroatoms. The minimum atomic E-state index is -0.0251. The molecule has 0 fully saturated rings. The quantitative estimate of drug-likeness (QED) is 0.690. The van der Waals surface area contributed by atoms with E-state index in [1.165, 1.54) is 11.1 Å². The first-order valence-corrected chi connectivity index (χ1v) is 9.06. The summed E-state index contributed by atoms with van der Waals surface area (Å²) in [5.41, 5.74) is 10.4. The number of nitrogens with zero attached hydrogens (tertiary/aromatic N) is 1. The van der Waals surface area contributed by atoms with E-state index in [0.717, 1.165) is 28.4 Å². The predicted molar refractivity (Wildman–Crippen MR) is 100 cm³/mol. The van der Waals surface area contributed by atoms with E-state index in [1.807, 2.05) is 31.2 Å². The number of aromatic nitrogens is 1. The summed E-state index contributed by atoms with van der Waals surface area (Å²) >= 11 is 1.61. The maximum Gasteiger partial charge on any atom is 0.123 e. The van der Waals surface area contributed by atoms with Crippen molar-refractivity contribution < 1.29 is 4.74 Å². The van der Waals surface area contributed by atoms with E-state index in [0.29, 0.717) is 6.61 Å². The maximum atomic E-state index is 6.01. The predicted octanol–water partition coefficient (Wildman–Crippen LogP) is 4.97. The van der Waals surface area contributed by atoms with Gasteiger partial charge in [0.05, 0.1) is 11.7 Å². The molecule has 0 saturated heterocycles. The summed E-state index contributed by atoms with van der Waals surface area (Å²) in [6.45, 7) is 4.68. The molecule has 2 aromatic carbocycles. The Morgan fingerprint density at radius 2 is 1.96 bits per heavy atom. The van der Waals surface area contributed by atoms with E-state index in [-0.39, 0.29) is 6.04 Å². The van der Waals surface area contributed by atoms with E-state index in [9.17, 15) is 0 Å². The van der Waals surface area contributed by atoms with Crippen LogP contribution < -0.4 is 10.5 Å². The van der Waals surface area contributed by atoms with Crippen LogP contribution in [0.5, 0.6) is 5.75 Å². The molecule has 1 unspecified atom stereocenters. The lowest BCUT2D eigenvalue weighted by atomic mass is 10.1. The summed E-state index contributed by atoms with van der Waals surface area (Å²) in [5, 5.41) is 3.03. The van der Waals surface area contributed by atoms with Crippen LogP contribution in [-0.2, 0) is 13.0 Å². The van der Waals surface area contributed by atoms with E-state index < -0.39 is 0 Å². The molecule has 0 aliphatic rings. The fourth-order valence-electron chi connectivity index (χ4n) is 2.52. The third-order valence-electron chi connectivity index (χ3n) is 3.89. The Morgan fingerprint density at radius 1 is 1.17 bits per heavy atom. The summed E-state index contributed by atoms with van der Waals surface area (Å²) in [6.07, 6.45) is 0.919. The number of hydrogen-bond donors (Lipinski definition) is 1.